The van der Waals surface area contributed by atoms with Gasteiger partial charge < -0.3 is 10.2 Å². The van der Waals surface area contributed by atoms with E-state index in [1.54, 1.807) is 0 Å². The third kappa shape index (κ3) is 5.13. The third-order valence-electron chi connectivity index (χ3n) is 3.87. The van der Waals surface area contributed by atoms with Gasteiger partial charge in [0.1, 0.15) is 10.3 Å². The van der Waals surface area contributed by atoms with Crippen LogP contribution < -0.4 is 5.32 Å². The van der Waals surface area contributed by atoms with Crippen LogP contribution in [0.5, 0.6) is 0 Å². The number of rotatable bonds is 5. The van der Waals surface area contributed by atoms with Gasteiger partial charge in [0, 0.05) is 24.7 Å². The fraction of sp³-hybridized carbons (Fsp3) is 0.600. The van der Waals surface area contributed by atoms with Crippen molar-refractivity contribution in [3.05, 3.63) is 28.0 Å². The second-order valence-electron chi connectivity index (χ2n) is 5.49. The average Bonchev–Trinajstić information content (AvgIpc) is 2.44. The van der Waals surface area contributed by atoms with Gasteiger partial charge in [0.2, 0.25) is 0 Å². The molecule has 0 aliphatic carbocycles. The summed E-state index contributed by atoms with van der Waals surface area (Å²) in [6, 6.07) is 3.71. The quantitative estimate of drug-likeness (QED) is 0.665. The molecule has 1 saturated heterocycles. The molecule has 0 spiro atoms. The number of nitrogens with one attached hydrogen (secondary N) is 1. The monoisotopic (exact) mass is 329 g/mol. The SMILES string of the molecule is CC1CCCCN1CCCNC(=O)c1cc(Cl)nc(Cl)c1. The van der Waals surface area contributed by atoms with E-state index in [2.05, 4.69) is 22.1 Å². The summed E-state index contributed by atoms with van der Waals surface area (Å²) in [4.78, 5) is 18.3. The number of hydrogen-bond donors (Lipinski definition) is 1. The first-order valence-corrected chi connectivity index (χ1v) is 8.17. The highest BCUT2D eigenvalue weighted by atomic mass is 35.5. The van der Waals surface area contributed by atoms with Crippen molar-refractivity contribution in [1.29, 1.82) is 0 Å². The van der Waals surface area contributed by atoms with Gasteiger partial charge in [-0.15, -0.1) is 0 Å². The second-order valence-corrected chi connectivity index (χ2v) is 6.27. The van der Waals surface area contributed by atoms with Crippen molar-refractivity contribution >= 4 is 29.1 Å². The van der Waals surface area contributed by atoms with E-state index in [-0.39, 0.29) is 16.2 Å². The van der Waals surface area contributed by atoms with Crippen LogP contribution in [0.3, 0.4) is 0 Å². The van der Waals surface area contributed by atoms with Crippen LogP contribution in [0.25, 0.3) is 0 Å². The van der Waals surface area contributed by atoms with E-state index in [1.807, 2.05) is 0 Å². The summed E-state index contributed by atoms with van der Waals surface area (Å²) in [6.45, 7) is 5.13. The molecule has 4 nitrogen and oxygen atoms in total. The average molecular weight is 330 g/mol. The fourth-order valence-electron chi connectivity index (χ4n) is 2.67. The van der Waals surface area contributed by atoms with Crippen molar-refractivity contribution in [1.82, 2.24) is 15.2 Å². The highest BCUT2D eigenvalue weighted by Crippen LogP contribution is 2.16. The number of halogens is 2. The van der Waals surface area contributed by atoms with E-state index in [0.717, 1.165) is 13.0 Å². The first-order chi connectivity index (χ1) is 10.1. The lowest BCUT2D eigenvalue weighted by molar-refractivity contribution is 0.0948. The van der Waals surface area contributed by atoms with E-state index >= 15 is 0 Å². The Morgan fingerprint density at radius 2 is 2.10 bits per heavy atom. The molecule has 2 heterocycles. The number of likely N-dealkylation sites (tertiary alicyclic amines) is 1. The maximum Gasteiger partial charge on any atom is 0.251 e. The molecule has 1 aliphatic rings. The molecule has 0 radical (unpaired) electrons. The molecule has 0 aromatic carbocycles. The summed E-state index contributed by atoms with van der Waals surface area (Å²) < 4.78 is 0. The van der Waals surface area contributed by atoms with Crippen molar-refractivity contribution < 1.29 is 4.79 Å². The lowest BCUT2D eigenvalue weighted by Crippen LogP contribution is -2.39. The summed E-state index contributed by atoms with van der Waals surface area (Å²) in [5.74, 6) is -0.159. The Morgan fingerprint density at radius 3 is 2.76 bits per heavy atom. The molecule has 116 valence electrons. The summed E-state index contributed by atoms with van der Waals surface area (Å²) in [7, 11) is 0. The van der Waals surface area contributed by atoms with E-state index in [1.165, 1.54) is 37.9 Å². The molecule has 1 aliphatic heterocycles. The number of hydrogen-bond acceptors (Lipinski definition) is 3. The van der Waals surface area contributed by atoms with Gasteiger partial charge in [-0.1, -0.05) is 29.6 Å². The second kappa shape index (κ2) is 7.97. The first-order valence-electron chi connectivity index (χ1n) is 7.41. The van der Waals surface area contributed by atoms with Crippen LogP contribution in [-0.4, -0.2) is 41.5 Å². The molecule has 2 rings (SSSR count). The summed E-state index contributed by atoms with van der Waals surface area (Å²) in [5.41, 5.74) is 0.450. The third-order valence-corrected chi connectivity index (χ3v) is 4.26. The Hall–Kier alpha value is -0.840. The summed E-state index contributed by atoms with van der Waals surface area (Å²) in [6.07, 6.45) is 4.84. The number of nitrogens with zero attached hydrogens (tertiary/aromatic N) is 2. The van der Waals surface area contributed by atoms with Crippen LogP contribution >= 0.6 is 23.2 Å². The van der Waals surface area contributed by atoms with Gasteiger partial charge >= 0.3 is 0 Å². The Labute approximate surface area is 135 Å². The molecule has 0 bridgehead atoms. The molecule has 1 atom stereocenters. The van der Waals surface area contributed by atoms with Gasteiger partial charge in [-0.3, -0.25) is 4.79 Å². The molecular weight excluding hydrogens is 309 g/mol. The molecule has 1 fully saturated rings. The van der Waals surface area contributed by atoms with Crippen molar-refractivity contribution in [3.63, 3.8) is 0 Å². The minimum atomic E-state index is -0.159. The van der Waals surface area contributed by atoms with Crippen LogP contribution in [0.2, 0.25) is 10.3 Å². The Bertz CT molecular complexity index is 476. The van der Waals surface area contributed by atoms with Crippen LogP contribution in [0.1, 0.15) is 43.0 Å². The van der Waals surface area contributed by atoms with Crippen LogP contribution in [0.15, 0.2) is 12.1 Å². The zero-order valence-corrected chi connectivity index (χ0v) is 13.8. The highest BCUT2D eigenvalue weighted by molar-refractivity contribution is 6.33. The Morgan fingerprint density at radius 1 is 1.38 bits per heavy atom. The number of aromatic nitrogens is 1. The maximum atomic E-state index is 12.0. The molecule has 1 aromatic heterocycles. The van der Waals surface area contributed by atoms with Gasteiger partial charge in [-0.2, -0.15) is 0 Å². The predicted molar refractivity (Wildman–Crippen MR) is 86.1 cm³/mol. The van der Waals surface area contributed by atoms with E-state index in [4.69, 9.17) is 23.2 Å². The van der Waals surface area contributed by atoms with E-state index in [9.17, 15) is 4.79 Å². The maximum absolute atomic E-state index is 12.0. The number of piperidine rings is 1. The molecule has 1 aromatic rings. The lowest BCUT2D eigenvalue weighted by atomic mass is 10.0. The molecular formula is C15H21Cl2N3O. The van der Waals surface area contributed by atoms with Crippen molar-refractivity contribution in [2.45, 2.75) is 38.6 Å². The molecule has 0 saturated carbocycles. The van der Waals surface area contributed by atoms with Gasteiger partial charge in [0.05, 0.1) is 0 Å². The van der Waals surface area contributed by atoms with Crippen LogP contribution in [0, 0.1) is 0 Å². The lowest BCUT2D eigenvalue weighted by Gasteiger charge is -2.33. The molecule has 6 heteroatoms. The van der Waals surface area contributed by atoms with E-state index in [0.29, 0.717) is 18.2 Å². The Balaban J connectivity index is 1.74. The fourth-order valence-corrected chi connectivity index (χ4v) is 3.13. The van der Waals surface area contributed by atoms with Crippen molar-refractivity contribution in [2.24, 2.45) is 0 Å². The van der Waals surface area contributed by atoms with E-state index < -0.39 is 0 Å². The van der Waals surface area contributed by atoms with Crippen LogP contribution in [-0.2, 0) is 0 Å². The number of amides is 1. The van der Waals surface area contributed by atoms with Gasteiger partial charge in [0.25, 0.3) is 5.91 Å². The topological polar surface area (TPSA) is 45.2 Å². The molecule has 1 unspecified atom stereocenters. The smallest absolute Gasteiger partial charge is 0.251 e. The zero-order valence-electron chi connectivity index (χ0n) is 12.2. The van der Waals surface area contributed by atoms with Gasteiger partial charge in [-0.05, 0) is 44.9 Å². The summed E-state index contributed by atoms with van der Waals surface area (Å²) in [5, 5.41) is 3.36. The molecule has 1 N–H and O–H groups in total. The molecule has 21 heavy (non-hydrogen) atoms. The first kappa shape index (κ1) is 16.5. The predicted octanol–water partition coefficient (Wildman–Crippen LogP) is 3.38. The molecule has 1 amide bonds. The minimum Gasteiger partial charge on any atom is -0.352 e. The largest absolute Gasteiger partial charge is 0.352 e. The van der Waals surface area contributed by atoms with Gasteiger partial charge in [0.15, 0.2) is 0 Å². The van der Waals surface area contributed by atoms with Crippen molar-refractivity contribution in [2.75, 3.05) is 19.6 Å². The van der Waals surface area contributed by atoms with Crippen molar-refractivity contribution in [3.8, 4) is 0 Å². The summed E-state index contributed by atoms with van der Waals surface area (Å²) >= 11 is 11.6. The van der Waals surface area contributed by atoms with Gasteiger partial charge in [-0.25, -0.2) is 4.98 Å². The highest BCUT2D eigenvalue weighted by Gasteiger charge is 2.17. The Kier molecular flexibility index (Phi) is 6.27. The minimum absolute atomic E-state index is 0.159. The number of carbonyl (C=O) groups is 1. The standard InChI is InChI=1S/C15H21Cl2N3O/c1-11-5-2-3-7-20(11)8-4-6-18-15(21)12-9-13(16)19-14(17)10-12/h9-11H,2-8H2,1H3,(H,18,21). The van der Waals surface area contributed by atoms with Crippen LogP contribution in [0.4, 0.5) is 0 Å². The number of pyridine rings is 1. The zero-order chi connectivity index (χ0) is 15.2. The normalized spacial score (nSPS) is 19.5. The number of carbonyl (C=O) groups excluding carboxylic acids is 1.